The molecular formula is C13H24N4O2. The molecule has 6 nitrogen and oxygen atoms in total. The molecule has 0 radical (unpaired) electrons. The SMILES string of the molecule is CC(C(=O)N1CCNCC1)N1CCC(C(N)=O)CC1. The molecule has 2 heterocycles. The molecule has 6 heteroatoms. The van der Waals surface area contributed by atoms with Crippen molar-refractivity contribution in [3.05, 3.63) is 0 Å². The molecule has 3 N–H and O–H groups in total. The molecule has 0 saturated carbocycles. The molecule has 0 aromatic heterocycles. The Kier molecular flexibility index (Phi) is 4.76. The molecule has 0 bridgehead atoms. The van der Waals surface area contributed by atoms with Crippen LogP contribution < -0.4 is 11.1 Å². The molecule has 1 unspecified atom stereocenters. The van der Waals surface area contributed by atoms with Gasteiger partial charge < -0.3 is 16.0 Å². The van der Waals surface area contributed by atoms with Crippen LogP contribution in [-0.4, -0.2) is 66.9 Å². The van der Waals surface area contributed by atoms with Crippen molar-refractivity contribution in [2.75, 3.05) is 39.3 Å². The molecule has 1 atom stereocenters. The number of likely N-dealkylation sites (tertiary alicyclic amines) is 1. The number of piperidine rings is 1. The van der Waals surface area contributed by atoms with Gasteiger partial charge in [-0.25, -0.2) is 0 Å². The highest BCUT2D eigenvalue weighted by Gasteiger charge is 2.31. The van der Waals surface area contributed by atoms with Crippen LogP contribution in [0.3, 0.4) is 0 Å². The van der Waals surface area contributed by atoms with Gasteiger partial charge >= 0.3 is 0 Å². The normalized spacial score (nSPS) is 24.2. The second kappa shape index (κ2) is 6.34. The summed E-state index contributed by atoms with van der Waals surface area (Å²) in [5, 5.41) is 3.25. The Morgan fingerprint density at radius 3 is 2.26 bits per heavy atom. The highest BCUT2D eigenvalue weighted by molar-refractivity contribution is 5.81. The number of primary amides is 1. The fourth-order valence-corrected chi connectivity index (χ4v) is 2.88. The third-order valence-electron chi connectivity index (χ3n) is 4.27. The minimum Gasteiger partial charge on any atom is -0.369 e. The van der Waals surface area contributed by atoms with Crippen LogP contribution in [0, 0.1) is 5.92 Å². The monoisotopic (exact) mass is 268 g/mol. The number of carbonyl (C=O) groups excluding carboxylic acids is 2. The fraction of sp³-hybridized carbons (Fsp3) is 0.846. The molecule has 2 fully saturated rings. The molecule has 108 valence electrons. The van der Waals surface area contributed by atoms with E-state index in [0.29, 0.717) is 0 Å². The molecular weight excluding hydrogens is 244 g/mol. The van der Waals surface area contributed by atoms with E-state index in [-0.39, 0.29) is 23.8 Å². The van der Waals surface area contributed by atoms with Crippen molar-refractivity contribution in [3.8, 4) is 0 Å². The molecule has 0 aliphatic carbocycles. The zero-order valence-corrected chi connectivity index (χ0v) is 11.6. The lowest BCUT2D eigenvalue weighted by atomic mass is 9.95. The third kappa shape index (κ3) is 3.45. The quantitative estimate of drug-likeness (QED) is 0.688. The van der Waals surface area contributed by atoms with Crippen molar-refractivity contribution >= 4 is 11.8 Å². The van der Waals surface area contributed by atoms with E-state index in [0.717, 1.165) is 52.1 Å². The molecule has 0 spiro atoms. The maximum atomic E-state index is 12.4. The summed E-state index contributed by atoms with van der Waals surface area (Å²) < 4.78 is 0. The third-order valence-corrected chi connectivity index (χ3v) is 4.27. The Bertz CT molecular complexity index is 334. The summed E-state index contributed by atoms with van der Waals surface area (Å²) in [5.74, 6) is -0.0162. The van der Waals surface area contributed by atoms with Crippen LogP contribution in [0.1, 0.15) is 19.8 Å². The molecule has 2 aliphatic heterocycles. The first-order valence-corrected chi connectivity index (χ1v) is 7.12. The Balaban J connectivity index is 1.84. The van der Waals surface area contributed by atoms with Crippen molar-refractivity contribution < 1.29 is 9.59 Å². The zero-order valence-electron chi connectivity index (χ0n) is 11.6. The lowest BCUT2D eigenvalue weighted by Gasteiger charge is -2.37. The Hall–Kier alpha value is -1.14. The zero-order chi connectivity index (χ0) is 13.8. The van der Waals surface area contributed by atoms with Crippen molar-refractivity contribution in [1.82, 2.24) is 15.1 Å². The molecule has 2 amide bonds. The van der Waals surface area contributed by atoms with E-state index in [1.165, 1.54) is 0 Å². The fourth-order valence-electron chi connectivity index (χ4n) is 2.88. The number of nitrogens with zero attached hydrogens (tertiary/aromatic N) is 2. The van der Waals surface area contributed by atoms with Crippen molar-refractivity contribution in [3.63, 3.8) is 0 Å². The molecule has 19 heavy (non-hydrogen) atoms. The van der Waals surface area contributed by atoms with E-state index in [2.05, 4.69) is 10.2 Å². The van der Waals surface area contributed by atoms with Crippen molar-refractivity contribution in [2.45, 2.75) is 25.8 Å². The second-order valence-electron chi connectivity index (χ2n) is 5.46. The van der Waals surface area contributed by atoms with Crippen LogP contribution in [0.5, 0.6) is 0 Å². The maximum absolute atomic E-state index is 12.4. The van der Waals surface area contributed by atoms with Gasteiger partial charge in [-0.2, -0.15) is 0 Å². The highest BCUT2D eigenvalue weighted by Crippen LogP contribution is 2.19. The summed E-state index contributed by atoms with van der Waals surface area (Å²) >= 11 is 0. The van der Waals surface area contributed by atoms with Gasteiger partial charge in [0.2, 0.25) is 11.8 Å². The van der Waals surface area contributed by atoms with Gasteiger partial charge in [0.05, 0.1) is 6.04 Å². The largest absolute Gasteiger partial charge is 0.369 e. The number of nitrogens with one attached hydrogen (secondary N) is 1. The molecule has 0 aromatic rings. The van der Waals surface area contributed by atoms with E-state index in [1.54, 1.807) is 0 Å². The first-order chi connectivity index (χ1) is 9.09. The van der Waals surface area contributed by atoms with Gasteiger partial charge in [0.25, 0.3) is 0 Å². The van der Waals surface area contributed by atoms with Crippen LogP contribution in [0.2, 0.25) is 0 Å². The lowest BCUT2D eigenvalue weighted by molar-refractivity contribution is -0.137. The van der Waals surface area contributed by atoms with E-state index in [9.17, 15) is 9.59 Å². The van der Waals surface area contributed by atoms with E-state index in [1.807, 2.05) is 11.8 Å². The minimum atomic E-state index is -0.208. The topological polar surface area (TPSA) is 78.7 Å². The van der Waals surface area contributed by atoms with E-state index in [4.69, 9.17) is 5.73 Å². The number of piperazine rings is 1. The van der Waals surface area contributed by atoms with Crippen molar-refractivity contribution in [1.29, 1.82) is 0 Å². The molecule has 2 rings (SSSR count). The summed E-state index contributed by atoms with van der Waals surface area (Å²) in [4.78, 5) is 27.6. The predicted molar refractivity (Wildman–Crippen MR) is 72.4 cm³/mol. The summed E-state index contributed by atoms with van der Waals surface area (Å²) in [6, 6.07) is -0.0908. The first-order valence-electron chi connectivity index (χ1n) is 7.12. The van der Waals surface area contributed by atoms with Crippen LogP contribution in [0.4, 0.5) is 0 Å². The summed E-state index contributed by atoms with van der Waals surface area (Å²) in [6.07, 6.45) is 1.54. The number of amides is 2. The summed E-state index contributed by atoms with van der Waals surface area (Å²) in [7, 11) is 0. The Morgan fingerprint density at radius 2 is 1.74 bits per heavy atom. The molecule has 0 aromatic carbocycles. The number of carbonyl (C=O) groups is 2. The molecule has 2 aliphatic rings. The number of hydrogen-bond donors (Lipinski definition) is 2. The Labute approximate surface area is 114 Å². The van der Waals surface area contributed by atoms with Crippen LogP contribution in [0.15, 0.2) is 0 Å². The van der Waals surface area contributed by atoms with Gasteiger partial charge in [0.1, 0.15) is 0 Å². The average molecular weight is 268 g/mol. The standard InChI is InChI=1S/C13H24N4O2/c1-10(13(19)17-8-4-15-5-9-17)16-6-2-11(3-7-16)12(14)18/h10-11,15H,2-9H2,1H3,(H2,14,18). The van der Waals surface area contributed by atoms with Crippen LogP contribution >= 0.6 is 0 Å². The lowest BCUT2D eigenvalue weighted by Crippen LogP contribution is -2.54. The number of nitrogens with two attached hydrogens (primary N) is 1. The van der Waals surface area contributed by atoms with Gasteiger partial charge in [0, 0.05) is 32.1 Å². The van der Waals surface area contributed by atoms with Crippen LogP contribution in [-0.2, 0) is 9.59 Å². The van der Waals surface area contributed by atoms with Gasteiger partial charge in [-0.05, 0) is 32.9 Å². The van der Waals surface area contributed by atoms with E-state index >= 15 is 0 Å². The summed E-state index contributed by atoms with van der Waals surface area (Å²) in [5.41, 5.74) is 5.33. The van der Waals surface area contributed by atoms with Gasteiger partial charge in [-0.15, -0.1) is 0 Å². The smallest absolute Gasteiger partial charge is 0.239 e. The first kappa shape index (κ1) is 14.3. The number of hydrogen-bond acceptors (Lipinski definition) is 4. The van der Waals surface area contributed by atoms with Crippen LogP contribution in [0.25, 0.3) is 0 Å². The molecule has 2 saturated heterocycles. The minimum absolute atomic E-state index is 0.0160. The van der Waals surface area contributed by atoms with Gasteiger partial charge in [-0.1, -0.05) is 0 Å². The van der Waals surface area contributed by atoms with Gasteiger partial charge in [0.15, 0.2) is 0 Å². The second-order valence-corrected chi connectivity index (χ2v) is 5.46. The summed E-state index contributed by atoms with van der Waals surface area (Å²) in [6.45, 7) is 6.88. The predicted octanol–water partition coefficient (Wildman–Crippen LogP) is -0.996. The Morgan fingerprint density at radius 1 is 1.16 bits per heavy atom. The van der Waals surface area contributed by atoms with E-state index < -0.39 is 0 Å². The average Bonchev–Trinajstić information content (AvgIpc) is 2.46. The number of rotatable bonds is 3. The maximum Gasteiger partial charge on any atom is 0.239 e. The van der Waals surface area contributed by atoms with Gasteiger partial charge in [-0.3, -0.25) is 14.5 Å². The van der Waals surface area contributed by atoms with Crippen molar-refractivity contribution in [2.24, 2.45) is 11.7 Å². The highest BCUT2D eigenvalue weighted by atomic mass is 16.2.